The normalized spacial score (nSPS) is 13.2. The minimum absolute atomic E-state index is 0.0545. The number of aromatic nitrogens is 1. The standard InChI is InChI=1S/C24H22ClN5O5/c25-20-13-17(30(33)34)6-7-18(20)24(32)28-21-4-2-1-3-19(21)23(31)27-15-16-5-8-22(26-14-16)29-9-11-35-12-10-29/h1-8,13-14H,9-12,15H2,(H,27,31)(H,28,32). The summed E-state index contributed by atoms with van der Waals surface area (Å²) in [6, 6.07) is 13.9. The molecule has 0 unspecified atom stereocenters. The van der Waals surface area contributed by atoms with Crippen molar-refractivity contribution in [2.45, 2.75) is 6.54 Å². The molecular weight excluding hydrogens is 474 g/mol. The molecule has 2 heterocycles. The quantitative estimate of drug-likeness (QED) is 0.378. The van der Waals surface area contributed by atoms with Gasteiger partial charge < -0.3 is 20.3 Å². The number of non-ortho nitro benzene ring substituents is 1. The van der Waals surface area contributed by atoms with Crippen LogP contribution in [0.4, 0.5) is 17.2 Å². The number of pyridine rings is 1. The van der Waals surface area contributed by atoms with Crippen LogP contribution in [0.25, 0.3) is 0 Å². The third kappa shape index (κ3) is 5.92. The van der Waals surface area contributed by atoms with Gasteiger partial charge in [-0.2, -0.15) is 0 Å². The Labute approximate surface area is 206 Å². The van der Waals surface area contributed by atoms with E-state index < -0.39 is 10.8 Å². The summed E-state index contributed by atoms with van der Waals surface area (Å²) >= 11 is 6.06. The Morgan fingerprint density at radius 1 is 1.06 bits per heavy atom. The summed E-state index contributed by atoms with van der Waals surface area (Å²) in [5.41, 5.74) is 1.20. The zero-order valence-corrected chi connectivity index (χ0v) is 19.3. The van der Waals surface area contributed by atoms with E-state index >= 15 is 0 Å². The number of amides is 2. The molecule has 0 atom stereocenters. The number of hydrogen-bond acceptors (Lipinski definition) is 7. The molecular formula is C24H22ClN5O5. The van der Waals surface area contributed by atoms with Crippen LogP contribution in [0.2, 0.25) is 5.02 Å². The molecule has 1 aromatic heterocycles. The number of hydrogen-bond donors (Lipinski definition) is 2. The average molecular weight is 496 g/mol. The van der Waals surface area contributed by atoms with Gasteiger partial charge in [0.2, 0.25) is 0 Å². The Morgan fingerprint density at radius 3 is 2.51 bits per heavy atom. The van der Waals surface area contributed by atoms with Crippen LogP contribution in [-0.4, -0.2) is 48.0 Å². The Balaban J connectivity index is 1.40. The van der Waals surface area contributed by atoms with Crippen LogP contribution in [0.5, 0.6) is 0 Å². The second-order valence-corrected chi connectivity index (χ2v) is 8.13. The molecule has 2 amide bonds. The first-order valence-electron chi connectivity index (χ1n) is 10.8. The van der Waals surface area contributed by atoms with Gasteiger partial charge in [0.1, 0.15) is 5.82 Å². The third-order valence-electron chi connectivity index (χ3n) is 5.43. The molecule has 4 rings (SSSR count). The van der Waals surface area contributed by atoms with Crippen molar-refractivity contribution in [3.63, 3.8) is 0 Å². The van der Waals surface area contributed by atoms with Crippen molar-refractivity contribution in [2.24, 2.45) is 0 Å². The Bertz CT molecular complexity index is 1250. The monoisotopic (exact) mass is 495 g/mol. The Hall–Kier alpha value is -4.02. The number of nitro benzene ring substituents is 1. The maximum atomic E-state index is 12.9. The molecule has 11 heteroatoms. The summed E-state index contributed by atoms with van der Waals surface area (Å²) in [6.07, 6.45) is 1.72. The number of carbonyl (C=O) groups excluding carboxylic acids is 2. The summed E-state index contributed by atoms with van der Waals surface area (Å²) in [4.78, 5) is 42.5. The van der Waals surface area contributed by atoms with Gasteiger partial charge in [-0.15, -0.1) is 0 Å². The predicted octanol–water partition coefficient (Wildman–Crippen LogP) is 3.66. The Kier molecular flexibility index (Phi) is 7.54. The minimum atomic E-state index is -0.598. The first-order chi connectivity index (χ1) is 16.9. The van der Waals surface area contributed by atoms with Gasteiger partial charge in [0.25, 0.3) is 17.5 Å². The van der Waals surface area contributed by atoms with Crippen molar-refractivity contribution in [3.05, 3.63) is 92.6 Å². The molecule has 1 aliphatic heterocycles. The SMILES string of the molecule is O=C(Nc1ccccc1C(=O)NCc1ccc(N2CCOCC2)nc1)c1ccc([N+](=O)[O-])cc1Cl. The van der Waals surface area contributed by atoms with Crippen molar-refractivity contribution in [1.82, 2.24) is 10.3 Å². The molecule has 0 bridgehead atoms. The number of benzene rings is 2. The van der Waals surface area contributed by atoms with Crippen molar-refractivity contribution in [3.8, 4) is 0 Å². The number of nitro groups is 1. The van der Waals surface area contributed by atoms with E-state index in [9.17, 15) is 19.7 Å². The van der Waals surface area contributed by atoms with Gasteiger partial charge >= 0.3 is 0 Å². The van der Waals surface area contributed by atoms with Gasteiger partial charge in [0, 0.05) is 38.0 Å². The van der Waals surface area contributed by atoms with E-state index in [2.05, 4.69) is 20.5 Å². The molecule has 0 aliphatic carbocycles. The molecule has 1 saturated heterocycles. The number of carbonyl (C=O) groups is 2. The van der Waals surface area contributed by atoms with Gasteiger partial charge in [-0.05, 0) is 29.8 Å². The number of nitrogens with zero attached hydrogens (tertiary/aromatic N) is 3. The van der Waals surface area contributed by atoms with E-state index in [1.165, 1.54) is 12.1 Å². The molecule has 180 valence electrons. The number of anilines is 2. The molecule has 1 aliphatic rings. The van der Waals surface area contributed by atoms with Gasteiger partial charge in [-0.1, -0.05) is 29.8 Å². The second-order valence-electron chi connectivity index (χ2n) is 7.73. The second kappa shape index (κ2) is 10.9. The topological polar surface area (TPSA) is 127 Å². The zero-order valence-electron chi connectivity index (χ0n) is 18.6. The fraction of sp³-hybridized carbons (Fsp3) is 0.208. The third-order valence-corrected chi connectivity index (χ3v) is 5.74. The van der Waals surface area contributed by atoms with Gasteiger partial charge in [0.15, 0.2) is 0 Å². The summed E-state index contributed by atoms with van der Waals surface area (Å²) in [5.74, 6) is -0.109. The highest BCUT2D eigenvalue weighted by molar-refractivity contribution is 6.34. The summed E-state index contributed by atoms with van der Waals surface area (Å²) in [6.45, 7) is 3.18. The highest BCUT2D eigenvalue weighted by atomic mass is 35.5. The molecule has 2 aromatic carbocycles. The maximum absolute atomic E-state index is 12.9. The predicted molar refractivity (Wildman–Crippen MR) is 131 cm³/mol. The number of morpholine rings is 1. The van der Waals surface area contributed by atoms with E-state index in [1.54, 1.807) is 30.5 Å². The van der Waals surface area contributed by atoms with Gasteiger partial charge in [-0.25, -0.2) is 4.98 Å². The van der Waals surface area contributed by atoms with Crippen molar-refractivity contribution < 1.29 is 19.2 Å². The van der Waals surface area contributed by atoms with Crippen LogP contribution in [0.1, 0.15) is 26.3 Å². The summed E-state index contributed by atoms with van der Waals surface area (Å²) < 4.78 is 5.36. The van der Waals surface area contributed by atoms with Crippen LogP contribution in [0.15, 0.2) is 60.8 Å². The van der Waals surface area contributed by atoms with E-state index in [-0.39, 0.29) is 40.0 Å². The molecule has 3 aromatic rings. The van der Waals surface area contributed by atoms with Crippen LogP contribution < -0.4 is 15.5 Å². The van der Waals surface area contributed by atoms with Crippen molar-refractivity contribution >= 4 is 40.6 Å². The lowest BCUT2D eigenvalue weighted by Gasteiger charge is -2.27. The summed E-state index contributed by atoms with van der Waals surface area (Å²) in [7, 11) is 0. The lowest BCUT2D eigenvalue weighted by molar-refractivity contribution is -0.384. The average Bonchev–Trinajstić information content (AvgIpc) is 2.88. The van der Waals surface area contributed by atoms with Crippen molar-refractivity contribution in [1.29, 1.82) is 0 Å². The lowest BCUT2D eigenvalue weighted by Crippen LogP contribution is -2.36. The maximum Gasteiger partial charge on any atom is 0.270 e. The molecule has 0 spiro atoms. The smallest absolute Gasteiger partial charge is 0.270 e. The molecule has 10 nitrogen and oxygen atoms in total. The number of para-hydroxylation sites is 1. The van der Waals surface area contributed by atoms with Crippen LogP contribution in [0.3, 0.4) is 0 Å². The molecule has 35 heavy (non-hydrogen) atoms. The molecule has 1 fully saturated rings. The zero-order chi connectivity index (χ0) is 24.8. The number of halogens is 1. The largest absolute Gasteiger partial charge is 0.378 e. The van der Waals surface area contributed by atoms with Crippen LogP contribution in [-0.2, 0) is 11.3 Å². The minimum Gasteiger partial charge on any atom is -0.378 e. The Morgan fingerprint density at radius 2 is 1.83 bits per heavy atom. The highest BCUT2D eigenvalue weighted by Crippen LogP contribution is 2.24. The van der Waals surface area contributed by atoms with Crippen LogP contribution >= 0.6 is 11.6 Å². The first-order valence-corrected chi connectivity index (χ1v) is 11.2. The van der Waals surface area contributed by atoms with E-state index in [4.69, 9.17) is 16.3 Å². The highest BCUT2D eigenvalue weighted by Gasteiger charge is 2.18. The molecule has 2 N–H and O–H groups in total. The van der Waals surface area contributed by atoms with E-state index in [0.29, 0.717) is 13.2 Å². The molecule has 0 saturated carbocycles. The van der Waals surface area contributed by atoms with Crippen LogP contribution in [0, 0.1) is 10.1 Å². The van der Waals surface area contributed by atoms with E-state index in [1.807, 2.05) is 12.1 Å². The van der Waals surface area contributed by atoms with Gasteiger partial charge in [-0.3, -0.25) is 19.7 Å². The number of rotatable bonds is 7. The van der Waals surface area contributed by atoms with Crippen molar-refractivity contribution in [2.75, 3.05) is 36.5 Å². The number of nitrogens with one attached hydrogen (secondary N) is 2. The summed E-state index contributed by atoms with van der Waals surface area (Å²) in [5, 5.41) is 16.3. The fourth-order valence-corrected chi connectivity index (χ4v) is 3.82. The first kappa shape index (κ1) is 24.1. The van der Waals surface area contributed by atoms with Gasteiger partial charge in [0.05, 0.1) is 40.0 Å². The number of ether oxygens (including phenoxy) is 1. The lowest BCUT2D eigenvalue weighted by atomic mass is 10.1. The van der Waals surface area contributed by atoms with E-state index in [0.717, 1.165) is 30.5 Å². The fourth-order valence-electron chi connectivity index (χ4n) is 3.56. The molecule has 0 radical (unpaired) electrons.